The van der Waals surface area contributed by atoms with E-state index in [0.29, 0.717) is 5.69 Å². The second kappa shape index (κ2) is 8.47. The lowest BCUT2D eigenvalue weighted by atomic mass is 9.88. The molecule has 0 aliphatic carbocycles. The van der Waals surface area contributed by atoms with E-state index in [1.807, 2.05) is 13.8 Å². The number of nitro groups is 1. The Morgan fingerprint density at radius 3 is 2.70 bits per heavy atom. The SMILES string of the molecule is CCC(C)C(C)(O)CNC(=O)CCNc1ccccc1[N+](=O)[O-]. The number of anilines is 1. The molecule has 0 aliphatic rings. The first kappa shape index (κ1) is 18.9. The van der Waals surface area contributed by atoms with E-state index >= 15 is 0 Å². The van der Waals surface area contributed by atoms with Crippen LogP contribution in [0.3, 0.4) is 0 Å². The lowest BCUT2D eigenvalue weighted by Crippen LogP contribution is -2.45. The van der Waals surface area contributed by atoms with Crippen LogP contribution >= 0.6 is 0 Å². The van der Waals surface area contributed by atoms with Gasteiger partial charge in [-0.2, -0.15) is 0 Å². The Kier molecular flexibility index (Phi) is 6.96. The third kappa shape index (κ3) is 5.86. The van der Waals surface area contributed by atoms with Crippen molar-refractivity contribution in [2.45, 2.75) is 39.2 Å². The van der Waals surface area contributed by atoms with Crippen molar-refractivity contribution in [3.63, 3.8) is 0 Å². The molecule has 0 radical (unpaired) electrons. The van der Waals surface area contributed by atoms with Gasteiger partial charge in [0.1, 0.15) is 5.69 Å². The molecule has 23 heavy (non-hydrogen) atoms. The van der Waals surface area contributed by atoms with Crippen LogP contribution in [0.1, 0.15) is 33.6 Å². The summed E-state index contributed by atoms with van der Waals surface area (Å²) in [6.07, 6.45) is 0.991. The summed E-state index contributed by atoms with van der Waals surface area (Å²) in [4.78, 5) is 22.2. The lowest BCUT2D eigenvalue weighted by Gasteiger charge is -2.29. The number of carbonyl (C=O) groups excluding carboxylic acids is 1. The van der Waals surface area contributed by atoms with Gasteiger partial charge in [-0.1, -0.05) is 32.4 Å². The molecule has 128 valence electrons. The van der Waals surface area contributed by atoms with E-state index < -0.39 is 10.5 Å². The number of benzene rings is 1. The Morgan fingerprint density at radius 2 is 2.09 bits per heavy atom. The Balaban J connectivity index is 2.42. The highest BCUT2D eigenvalue weighted by Gasteiger charge is 2.27. The number of hydrogen-bond donors (Lipinski definition) is 3. The van der Waals surface area contributed by atoms with Crippen LogP contribution in [0.25, 0.3) is 0 Å². The Hall–Kier alpha value is -2.15. The van der Waals surface area contributed by atoms with Crippen molar-refractivity contribution in [1.82, 2.24) is 5.32 Å². The van der Waals surface area contributed by atoms with Crippen molar-refractivity contribution >= 4 is 17.3 Å². The molecule has 0 bridgehead atoms. The number of para-hydroxylation sites is 2. The maximum absolute atomic E-state index is 11.8. The minimum absolute atomic E-state index is 0.0207. The Labute approximate surface area is 136 Å². The molecule has 0 saturated heterocycles. The van der Waals surface area contributed by atoms with Crippen LogP contribution in [0.5, 0.6) is 0 Å². The van der Waals surface area contributed by atoms with Crippen LogP contribution in [-0.2, 0) is 4.79 Å². The summed E-state index contributed by atoms with van der Waals surface area (Å²) in [5.41, 5.74) is -0.583. The number of nitrogens with zero attached hydrogens (tertiary/aromatic N) is 1. The largest absolute Gasteiger partial charge is 0.388 e. The molecule has 0 spiro atoms. The van der Waals surface area contributed by atoms with E-state index in [2.05, 4.69) is 10.6 Å². The fourth-order valence-corrected chi connectivity index (χ4v) is 2.07. The van der Waals surface area contributed by atoms with Crippen LogP contribution < -0.4 is 10.6 Å². The molecule has 0 fully saturated rings. The van der Waals surface area contributed by atoms with Gasteiger partial charge in [0.25, 0.3) is 5.69 Å². The third-order valence-electron chi connectivity index (χ3n) is 4.09. The van der Waals surface area contributed by atoms with Crippen LogP contribution in [0, 0.1) is 16.0 Å². The fraction of sp³-hybridized carbons (Fsp3) is 0.562. The molecular formula is C16H25N3O4. The molecule has 7 nitrogen and oxygen atoms in total. The average molecular weight is 323 g/mol. The first-order chi connectivity index (χ1) is 10.8. The van der Waals surface area contributed by atoms with E-state index in [0.717, 1.165) is 6.42 Å². The molecule has 1 aromatic carbocycles. The van der Waals surface area contributed by atoms with Crippen LogP contribution in [0.15, 0.2) is 24.3 Å². The summed E-state index contributed by atoms with van der Waals surface area (Å²) in [6, 6.07) is 6.29. The van der Waals surface area contributed by atoms with Gasteiger partial charge in [-0.05, 0) is 18.9 Å². The lowest BCUT2D eigenvalue weighted by molar-refractivity contribution is -0.384. The van der Waals surface area contributed by atoms with Gasteiger partial charge in [0.15, 0.2) is 0 Å². The highest BCUT2D eigenvalue weighted by molar-refractivity contribution is 5.76. The van der Waals surface area contributed by atoms with E-state index in [-0.39, 0.29) is 37.0 Å². The molecule has 0 saturated carbocycles. The molecule has 1 aromatic rings. The van der Waals surface area contributed by atoms with Gasteiger partial charge in [-0.3, -0.25) is 14.9 Å². The molecule has 7 heteroatoms. The Morgan fingerprint density at radius 1 is 1.43 bits per heavy atom. The molecule has 1 rings (SSSR count). The molecule has 1 amide bonds. The topological polar surface area (TPSA) is 104 Å². The van der Waals surface area contributed by atoms with E-state index in [9.17, 15) is 20.0 Å². The van der Waals surface area contributed by atoms with Crippen molar-refractivity contribution in [2.75, 3.05) is 18.4 Å². The number of amides is 1. The van der Waals surface area contributed by atoms with Gasteiger partial charge >= 0.3 is 0 Å². The van der Waals surface area contributed by atoms with Gasteiger partial charge in [0.2, 0.25) is 5.91 Å². The summed E-state index contributed by atoms with van der Waals surface area (Å²) in [5.74, 6) is -0.132. The van der Waals surface area contributed by atoms with Crippen LogP contribution in [0.4, 0.5) is 11.4 Å². The average Bonchev–Trinajstić information content (AvgIpc) is 2.52. The number of rotatable bonds is 9. The maximum Gasteiger partial charge on any atom is 0.292 e. The highest BCUT2D eigenvalue weighted by Crippen LogP contribution is 2.23. The Bertz CT molecular complexity index is 546. The van der Waals surface area contributed by atoms with Crippen LogP contribution in [0.2, 0.25) is 0 Å². The van der Waals surface area contributed by atoms with Crippen molar-refractivity contribution < 1.29 is 14.8 Å². The smallest absolute Gasteiger partial charge is 0.292 e. The molecule has 2 atom stereocenters. The summed E-state index contributed by atoms with van der Waals surface area (Å²) in [7, 11) is 0. The number of carbonyl (C=O) groups is 1. The first-order valence-electron chi connectivity index (χ1n) is 7.74. The normalized spacial score (nSPS) is 14.6. The van der Waals surface area contributed by atoms with E-state index in [1.165, 1.54) is 6.07 Å². The monoisotopic (exact) mass is 323 g/mol. The quantitative estimate of drug-likeness (QED) is 0.478. The van der Waals surface area contributed by atoms with E-state index in [1.54, 1.807) is 25.1 Å². The summed E-state index contributed by atoms with van der Waals surface area (Å²) >= 11 is 0. The van der Waals surface area contributed by atoms with Gasteiger partial charge in [-0.25, -0.2) is 0 Å². The van der Waals surface area contributed by atoms with Crippen molar-refractivity contribution in [2.24, 2.45) is 5.92 Å². The van der Waals surface area contributed by atoms with Crippen LogP contribution in [-0.4, -0.2) is 34.6 Å². The van der Waals surface area contributed by atoms with Gasteiger partial charge in [0, 0.05) is 25.6 Å². The summed E-state index contributed by atoms with van der Waals surface area (Å²) < 4.78 is 0. The minimum atomic E-state index is -0.948. The molecule has 0 heterocycles. The first-order valence-corrected chi connectivity index (χ1v) is 7.74. The predicted octanol–water partition coefficient (Wildman–Crippen LogP) is 2.31. The zero-order valence-corrected chi connectivity index (χ0v) is 13.8. The minimum Gasteiger partial charge on any atom is -0.388 e. The van der Waals surface area contributed by atoms with Crippen molar-refractivity contribution in [3.8, 4) is 0 Å². The van der Waals surface area contributed by atoms with Gasteiger partial charge in [0.05, 0.1) is 10.5 Å². The number of hydrogen-bond acceptors (Lipinski definition) is 5. The molecule has 0 aromatic heterocycles. The number of nitro benzene ring substituents is 1. The molecule has 0 aliphatic heterocycles. The predicted molar refractivity (Wildman–Crippen MR) is 89.3 cm³/mol. The number of aliphatic hydroxyl groups is 1. The van der Waals surface area contributed by atoms with E-state index in [4.69, 9.17) is 0 Å². The second-order valence-corrected chi connectivity index (χ2v) is 5.89. The zero-order valence-electron chi connectivity index (χ0n) is 13.8. The molecular weight excluding hydrogens is 298 g/mol. The van der Waals surface area contributed by atoms with Crippen molar-refractivity contribution in [3.05, 3.63) is 34.4 Å². The van der Waals surface area contributed by atoms with Gasteiger partial charge < -0.3 is 15.7 Å². The third-order valence-corrected chi connectivity index (χ3v) is 4.09. The fourth-order valence-electron chi connectivity index (χ4n) is 2.07. The summed E-state index contributed by atoms with van der Waals surface area (Å²) in [6.45, 7) is 6.08. The molecule has 2 unspecified atom stereocenters. The van der Waals surface area contributed by atoms with Gasteiger partial charge in [-0.15, -0.1) is 0 Å². The maximum atomic E-state index is 11.8. The number of nitrogens with one attached hydrogen (secondary N) is 2. The second-order valence-electron chi connectivity index (χ2n) is 5.89. The van der Waals surface area contributed by atoms with Crippen molar-refractivity contribution in [1.29, 1.82) is 0 Å². The highest BCUT2D eigenvalue weighted by atomic mass is 16.6. The molecule has 3 N–H and O–H groups in total. The standard InChI is InChI=1S/C16H25N3O4/c1-4-12(2)16(3,21)11-18-15(20)9-10-17-13-7-5-6-8-14(13)19(22)23/h5-8,12,17,21H,4,9-11H2,1-3H3,(H,18,20). The summed E-state index contributed by atoms with van der Waals surface area (Å²) in [5, 5.41) is 26.7. The zero-order chi connectivity index (χ0) is 17.5.